The van der Waals surface area contributed by atoms with Gasteiger partial charge in [0.05, 0.1) is 24.8 Å². The summed E-state index contributed by atoms with van der Waals surface area (Å²) in [6, 6.07) is 11.8. The molecule has 2 atom stereocenters. The molecule has 2 aromatic carbocycles. The molecule has 0 saturated heterocycles. The van der Waals surface area contributed by atoms with Gasteiger partial charge in [0.2, 0.25) is 5.60 Å². The van der Waals surface area contributed by atoms with E-state index in [1.54, 1.807) is 12.1 Å². The third-order valence-corrected chi connectivity index (χ3v) is 7.33. The van der Waals surface area contributed by atoms with Gasteiger partial charge in [0, 0.05) is 28.3 Å². The summed E-state index contributed by atoms with van der Waals surface area (Å²) in [6.45, 7) is 0.0294. The van der Waals surface area contributed by atoms with Crippen LogP contribution in [-0.2, 0) is 11.0 Å². The lowest BCUT2D eigenvalue weighted by Gasteiger charge is -2.31. The van der Waals surface area contributed by atoms with Crippen molar-refractivity contribution in [3.05, 3.63) is 83.4 Å². The number of amides is 1. The van der Waals surface area contributed by atoms with Crippen molar-refractivity contribution in [2.45, 2.75) is 24.1 Å². The number of carbonyl (C=O) groups excluding carboxylic acids is 1. The smallest absolute Gasteiger partial charge is 0.424 e. The van der Waals surface area contributed by atoms with Gasteiger partial charge in [-0.2, -0.15) is 13.2 Å². The molecule has 5 N–H and O–H groups in total. The molecule has 218 valence electrons. The maximum atomic E-state index is 14.6. The minimum Gasteiger partial charge on any atom is -0.494 e. The lowest BCUT2D eigenvalue weighted by Crippen LogP contribution is -2.51. The van der Waals surface area contributed by atoms with Crippen molar-refractivity contribution < 1.29 is 36.9 Å². The van der Waals surface area contributed by atoms with Crippen molar-refractivity contribution in [3.63, 3.8) is 0 Å². The Balaban J connectivity index is 1.59. The van der Waals surface area contributed by atoms with Gasteiger partial charge in [-0.3, -0.25) is 15.2 Å². The van der Waals surface area contributed by atoms with Crippen molar-refractivity contribution in [2.75, 3.05) is 20.3 Å². The number of aromatic nitrogens is 2. The van der Waals surface area contributed by atoms with Gasteiger partial charge in [0.1, 0.15) is 41.0 Å². The lowest BCUT2D eigenvalue weighted by molar-refractivity contribution is -0.265. The van der Waals surface area contributed by atoms with Crippen LogP contribution in [0.25, 0.3) is 22.2 Å². The second-order valence-electron chi connectivity index (χ2n) is 10.1. The molecule has 5 rings (SSSR count). The summed E-state index contributed by atoms with van der Waals surface area (Å²) >= 11 is 0. The van der Waals surface area contributed by atoms with Gasteiger partial charge in [-0.15, -0.1) is 0 Å². The van der Waals surface area contributed by atoms with Gasteiger partial charge >= 0.3 is 6.18 Å². The van der Waals surface area contributed by atoms with Crippen LogP contribution in [0.1, 0.15) is 28.5 Å². The van der Waals surface area contributed by atoms with Crippen LogP contribution in [0.15, 0.2) is 60.8 Å². The van der Waals surface area contributed by atoms with Crippen molar-refractivity contribution in [1.29, 1.82) is 5.41 Å². The quantitative estimate of drug-likeness (QED) is 0.145. The molecule has 1 aliphatic heterocycles. The summed E-state index contributed by atoms with van der Waals surface area (Å²) in [5, 5.41) is 22.0. The molecule has 9 nitrogen and oxygen atoms in total. The molecule has 42 heavy (non-hydrogen) atoms. The second kappa shape index (κ2) is 10.2. The number of hydrogen-bond acceptors (Lipinski definition) is 7. The Hall–Kier alpha value is -4.78. The Labute approximate surface area is 236 Å². The molecular weight excluding hydrogens is 558 g/mol. The van der Waals surface area contributed by atoms with Gasteiger partial charge in [0.15, 0.2) is 0 Å². The summed E-state index contributed by atoms with van der Waals surface area (Å²) in [5.74, 6) is -1.60. The maximum absolute atomic E-state index is 14.6. The molecular formula is C29H25F4N5O4. The van der Waals surface area contributed by atoms with Crippen LogP contribution in [0.5, 0.6) is 11.5 Å². The molecule has 4 aromatic rings. The Bertz CT molecular complexity index is 1710. The van der Waals surface area contributed by atoms with Crippen LogP contribution in [0.3, 0.4) is 0 Å². The van der Waals surface area contributed by atoms with E-state index in [9.17, 15) is 27.5 Å². The standard InChI is InChI=1S/C29H25F4N5O4/c1-27(26(34)35)14-42-24-19(27)12-21(38-23(24)15-5-7-18(30)8-6-15)28(40,29(31,32)33)13-37-25(39)17-10-16-4-3-9-36-22(16)20(11-17)41-2/h3-12,40H,13-14H2,1-2H3,(H3,34,35)(H,37,39)/t27-,28-/m0/s1. The molecule has 0 aliphatic carbocycles. The molecule has 2 aromatic heterocycles. The largest absolute Gasteiger partial charge is 0.494 e. The summed E-state index contributed by atoms with van der Waals surface area (Å²) in [7, 11) is 1.37. The first kappa shape index (κ1) is 28.7. The molecule has 1 aliphatic rings. The Morgan fingerprint density at radius 1 is 1.21 bits per heavy atom. The number of nitrogens with one attached hydrogen (secondary N) is 2. The average Bonchev–Trinajstić information content (AvgIpc) is 3.32. The number of nitrogens with two attached hydrogens (primary N) is 1. The zero-order valence-corrected chi connectivity index (χ0v) is 22.3. The zero-order valence-electron chi connectivity index (χ0n) is 22.3. The third kappa shape index (κ3) is 4.75. The van der Waals surface area contributed by atoms with E-state index in [1.165, 1.54) is 44.5 Å². The first-order chi connectivity index (χ1) is 19.8. The lowest BCUT2D eigenvalue weighted by atomic mass is 9.81. The monoisotopic (exact) mass is 583 g/mol. The fourth-order valence-corrected chi connectivity index (χ4v) is 4.71. The summed E-state index contributed by atoms with van der Waals surface area (Å²) < 4.78 is 68.6. The number of pyridine rings is 2. The van der Waals surface area contributed by atoms with Crippen LogP contribution >= 0.6 is 0 Å². The zero-order chi connectivity index (χ0) is 30.4. The van der Waals surface area contributed by atoms with Gasteiger partial charge in [-0.25, -0.2) is 9.37 Å². The predicted octanol–water partition coefficient (Wildman–Crippen LogP) is 4.21. The Morgan fingerprint density at radius 2 is 1.93 bits per heavy atom. The summed E-state index contributed by atoms with van der Waals surface area (Å²) in [4.78, 5) is 21.4. The number of benzene rings is 2. The second-order valence-corrected chi connectivity index (χ2v) is 10.1. The first-order valence-corrected chi connectivity index (χ1v) is 12.6. The average molecular weight is 584 g/mol. The number of fused-ring (bicyclic) bond motifs is 2. The van der Waals surface area contributed by atoms with Crippen LogP contribution < -0.4 is 20.5 Å². The highest BCUT2D eigenvalue weighted by molar-refractivity contribution is 6.00. The SMILES string of the molecule is COc1cc(C(=O)NC[C@](O)(c2cc3c(c(-c4ccc(F)cc4)n2)OC[C@]3(C)C(=N)N)C(F)(F)F)cc2cccnc12. The van der Waals surface area contributed by atoms with Crippen LogP contribution in [0.2, 0.25) is 0 Å². The molecule has 13 heteroatoms. The molecule has 0 fully saturated rings. The molecule has 3 heterocycles. The number of nitrogens with zero attached hydrogens (tertiary/aromatic N) is 2. The Kier molecular flexibility index (Phi) is 7.01. The van der Waals surface area contributed by atoms with E-state index in [2.05, 4.69) is 15.3 Å². The first-order valence-electron chi connectivity index (χ1n) is 12.6. The van der Waals surface area contributed by atoms with Crippen LogP contribution in [-0.4, -0.2) is 53.3 Å². The van der Waals surface area contributed by atoms with E-state index < -0.39 is 41.2 Å². The minimum absolute atomic E-state index is 0.0247. The Morgan fingerprint density at radius 3 is 2.57 bits per heavy atom. The topological polar surface area (TPSA) is 143 Å². The fraction of sp³-hybridized carbons (Fsp3) is 0.241. The third-order valence-electron chi connectivity index (χ3n) is 7.33. The number of aliphatic hydroxyl groups is 1. The van der Waals surface area contributed by atoms with E-state index >= 15 is 0 Å². The normalized spacial score (nSPS) is 17.7. The number of alkyl halides is 3. The highest BCUT2D eigenvalue weighted by Gasteiger charge is 2.57. The molecule has 1 amide bonds. The number of carbonyl (C=O) groups is 1. The minimum atomic E-state index is -5.32. The van der Waals surface area contributed by atoms with E-state index in [0.29, 0.717) is 10.9 Å². The van der Waals surface area contributed by atoms with Gasteiger partial charge in [-0.1, -0.05) is 6.07 Å². The van der Waals surface area contributed by atoms with Gasteiger partial charge < -0.3 is 25.6 Å². The van der Waals surface area contributed by atoms with E-state index in [0.717, 1.165) is 18.2 Å². The summed E-state index contributed by atoms with van der Waals surface area (Å²) in [6.07, 6.45) is -3.79. The molecule has 0 saturated carbocycles. The summed E-state index contributed by atoms with van der Waals surface area (Å²) in [5.41, 5.74) is 0.505. The van der Waals surface area contributed by atoms with Crippen molar-refractivity contribution in [2.24, 2.45) is 5.73 Å². The highest BCUT2D eigenvalue weighted by atomic mass is 19.4. The van der Waals surface area contributed by atoms with Crippen molar-refractivity contribution >= 4 is 22.6 Å². The molecule has 0 spiro atoms. The fourth-order valence-electron chi connectivity index (χ4n) is 4.71. The maximum Gasteiger partial charge on any atom is 0.424 e. The van der Waals surface area contributed by atoms with Gasteiger partial charge in [0.25, 0.3) is 5.91 Å². The van der Waals surface area contributed by atoms with Crippen LogP contribution in [0, 0.1) is 11.2 Å². The van der Waals surface area contributed by atoms with Crippen molar-refractivity contribution in [3.8, 4) is 22.8 Å². The molecule has 0 bridgehead atoms. The number of halogens is 4. The number of amidine groups is 1. The predicted molar refractivity (Wildman–Crippen MR) is 145 cm³/mol. The van der Waals surface area contributed by atoms with E-state index in [1.807, 2.05) is 0 Å². The highest BCUT2D eigenvalue weighted by Crippen LogP contribution is 2.47. The molecule has 0 unspecified atom stereocenters. The number of methoxy groups -OCH3 is 1. The van der Waals surface area contributed by atoms with Crippen molar-refractivity contribution in [1.82, 2.24) is 15.3 Å². The molecule has 0 radical (unpaired) electrons. The number of rotatable bonds is 7. The van der Waals surface area contributed by atoms with E-state index in [-0.39, 0.29) is 46.3 Å². The van der Waals surface area contributed by atoms with Gasteiger partial charge in [-0.05, 0) is 55.5 Å². The van der Waals surface area contributed by atoms with E-state index in [4.69, 9.17) is 20.6 Å². The van der Waals surface area contributed by atoms with Crippen LogP contribution in [0.4, 0.5) is 17.6 Å². The number of ether oxygens (including phenoxy) is 2. The number of hydrogen-bond donors (Lipinski definition) is 4.